The van der Waals surface area contributed by atoms with Gasteiger partial charge in [-0.2, -0.15) is 0 Å². The van der Waals surface area contributed by atoms with Gasteiger partial charge in [0.25, 0.3) is 5.91 Å². The SMILES string of the molecule is NC(CN1CCN(C(=O)c2csc(I)c2)CC1)=NO. The van der Waals surface area contributed by atoms with Crippen LogP contribution in [0.5, 0.6) is 0 Å². The fraction of sp³-hybridized carbons (Fsp3) is 0.455. The Bertz CT molecular complexity index is 483. The van der Waals surface area contributed by atoms with Crippen LogP contribution in [0.25, 0.3) is 0 Å². The third-order valence-electron chi connectivity index (χ3n) is 2.99. The Morgan fingerprint density at radius 2 is 2.16 bits per heavy atom. The van der Waals surface area contributed by atoms with E-state index >= 15 is 0 Å². The molecule has 1 amide bonds. The summed E-state index contributed by atoms with van der Waals surface area (Å²) in [5, 5.41) is 13.4. The standard InChI is InChI=1S/C11H15IN4O2S/c12-9-5-8(7-19-9)11(17)16-3-1-15(2-4-16)6-10(13)14-18/h5,7,18H,1-4,6H2,(H2,13,14). The van der Waals surface area contributed by atoms with Crippen LogP contribution < -0.4 is 5.73 Å². The monoisotopic (exact) mass is 394 g/mol. The molecule has 3 N–H and O–H groups in total. The Morgan fingerprint density at radius 1 is 1.47 bits per heavy atom. The number of nitrogens with zero attached hydrogens (tertiary/aromatic N) is 3. The number of carbonyl (C=O) groups excluding carboxylic acids is 1. The maximum Gasteiger partial charge on any atom is 0.254 e. The van der Waals surface area contributed by atoms with Crippen LogP contribution in [0.4, 0.5) is 0 Å². The number of hydrogen-bond acceptors (Lipinski definition) is 5. The van der Waals surface area contributed by atoms with E-state index in [-0.39, 0.29) is 11.7 Å². The van der Waals surface area contributed by atoms with Crippen molar-refractivity contribution in [2.45, 2.75) is 0 Å². The molecule has 0 unspecified atom stereocenters. The molecule has 1 fully saturated rings. The largest absolute Gasteiger partial charge is 0.409 e. The molecule has 2 heterocycles. The van der Waals surface area contributed by atoms with Crippen molar-refractivity contribution in [2.24, 2.45) is 10.9 Å². The van der Waals surface area contributed by atoms with E-state index < -0.39 is 0 Å². The molecule has 1 aliphatic rings. The lowest BCUT2D eigenvalue weighted by atomic mass is 10.2. The molecule has 8 heteroatoms. The van der Waals surface area contributed by atoms with E-state index in [1.807, 2.05) is 16.3 Å². The minimum atomic E-state index is 0.0858. The van der Waals surface area contributed by atoms with E-state index in [2.05, 4.69) is 32.6 Å². The number of rotatable bonds is 3. The molecule has 1 aliphatic heterocycles. The van der Waals surface area contributed by atoms with Crippen molar-refractivity contribution in [2.75, 3.05) is 32.7 Å². The van der Waals surface area contributed by atoms with E-state index in [4.69, 9.17) is 10.9 Å². The van der Waals surface area contributed by atoms with Gasteiger partial charge < -0.3 is 15.8 Å². The average Bonchev–Trinajstić information content (AvgIpc) is 2.85. The molecule has 0 bridgehead atoms. The first-order chi connectivity index (χ1) is 9.10. The molecule has 1 aromatic rings. The molecular formula is C11H15IN4O2S. The highest BCUT2D eigenvalue weighted by Crippen LogP contribution is 2.18. The first kappa shape index (κ1) is 14.5. The van der Waals surface area contributed by atoms with E-state index in [1.165, 1.54) is 0 Å². The van der Waals surface area contributed by atoms with E-state index in [0.717, 1.165) is 21.5 Å². The van der Waals surface area contributed by atoms with Crippen LogP contribution in [-0.2, 0) is 0 Å². The van der Waals surface area contributed by atoms with Crippen LogP contribution in [0.3, 0.4) is 0 Å². The summed E-state index contributed by atoms with van der Waals surface area (Å²) < 4.78 is 1.12. The second-order valence-electron chi connectivity index (χ2n) is 4.30. The van der Waals surface area contributed by atoms with Gasteiger partial charge in [0, 0.05) is 31.6 Å². The van der Waals surface area contributed by atoms with Crippen LogP contribution in [0, 0.1) is 2.88 Å². The molecule has 19 heavy (non-hydrogen) atoms. The van der Waals surface area contributed by atoms with Crippen LogP contribution in [0.1, 0.15) is 10.4 Å². The molecule has 0 spiro atoms. The zero-order chi connectivity index (χ0) is 13.8. The highest BCUT2D eigenvalue weighted by atomic mass is 127. The summed E-state index contributed by atoms with van der Waals surface area (Å²) in [7, 11) is 0. The van der Waals surface area contributed by atoms with Gasteiger partial charge >= 0.3 is 0 Å². The van der Waals surface area contributed by atoms with Gasteiger partial charge in [0.1, 0.15) is 0 Å². The summed E-state index contributed by atoms with van der Waals surface area (Å²) >= 11 is 3.79. The molecular weight excluding hydrogens is 379 g/mol. The number of hydrogen-bond donors (Lipinski definition) is 2. The maximum absolute atomic E-state index is 12.2. The molecule has 1 saturated heterocycles. The van der Waals surface area contributed by atoms with Crippen LogP contribution in [0.2, 0.25) is 0 Å². The molecule has 0 saturated carbocycles. The van der Waals surface area contributed by atoms with Gasteiger partial charge in [-0.1, -0.05) is 5.16 Å². The van der Waals surface area contributed by atoms with Gasteiger partial charge in [-0.25, -0.2) is 0 Å². The second-order valence-corrected chi connectivity index (χ2v) is 7.10. The highest BCUT2D eigenvalue weighted by molar-refractivity contribution is 14.1. The third kappa shape index (κ3) is 3.80. The Hall–Kier alpha value is -0.870. The van der Waals surface area contributed by atoms with Crippen molar-refractivity contribution in [3.8, 4) is 0 Å². The van der Waals surface area contributed by atoms with Gasteiger partial charge in [-0.3, -0.25) is 9.69 Å². The molecule has 0 aliphatic carbocycles. The van der Waals surface area contributed by atoms with Gasteiger partial charge in [0.05, 0.1) is 15.0 Å². The lowest BCUT2D eigenvalue weighted by Gasteiger charge is -2.34. The van der Waals surface area contributed by atoms with Crippen molar-refractivity contribution in [3.63, 3.8) is 0 Å². The Morgan fingerprint density at radius 3 is 2.68 bits per heavy atom. The summed E-state index contributed by atoms with van der Waals surface area (Å²) in [5.74, 6) is 0.287. The third-order valence-corrected chi connectivity index (χ3v) is 4.78. The quantitative estimate of drug-likeness (QED) is 0.262. The number of amidine groups is 1. The van der Waals surface area contributed by atoms with Crippen LogP contribution in [0.15, 0.2) is 16.6 Å². The maximum atomic E-state index is 12.2. The predicted molar refractivity (Wildman–Crippen MR) is 82.8 cm³/mol. The minimum Gasteiger partial charge on any atom is -0.409 e. The smallest absolute Gasteiger partial charge is 0.254 e. The van der Waals surface area contributed by atoms with Crippen molar-refractivity contribution >= 4 is 45.7 Å². The zero-order valence-corrected chi connectivity index (χ0v) is 13.2. The van der Waals surface area contributed by atoms with E-state index in [0.29, 0.717) is 19.6 Å². The first-order valence-corrected chi connectivity index (χ1v) is 7.78. The molecule has 104 valence electrons. The Balaban J connectivity index is 1.88. The number of piperazine rings is 1. The van der Waals surface area contributed by atoms with Crippen LogP contribution in [-0.4, -0.2) is 59.5 Å². The lowest BCUT2D eigenvalue weighted by Crippen LogP contribution is -2.50. The second kappa shape index (κ2) is 6.53. The molecule has 2 rings (SSSR count). The molecule has 0 aromatic carbocycles. The Labute approximate surface area is 129 Å². The zero-order valence-electron chi connectivity index (χ0n) is 10.3. The van der Waals surface area contributed by atoms with Crippen LogP contribution >= 0.6 is 33.9 Å². The fourth-order valence-corrected chi connectivity index (χ4v) is 3.29. The summed E-state index contributed by atoms with van der Waals surface area (Å²) in [5.41, 5.74) is 6.23. The molecule has 0 atom stereocenters. The highest BCUT2D eigenvalue weighted by Gasteiger charge is 2.23. The van der Waals surface area contributed by atoms with Crippen molar-refractivity contribution < 1.29 is 10.0 Å². The topological polar surface area (TPSA) is 82.2 Å². The van der Waals surface area contributed by atoms with Crippen molar-refractivity contribution in [1.82, 2.24) is 9.80 Å². The summed E-state index contributed by atoms with van der Waals surface area (Å²) in [6.07, 6.45) is 0. The fourth-order valence-electron chi connectivity index (χ4n) is 1.97. The van der Waals surface area contributed by atoms with E-state index in [1.54, 1.807) is 11.3 Å². The van der Waals surface area contributed by atoms with E-state index in [9.17, 15) is 4.79 Å². The van der Waals surface area contributed by atoms with Gasteiger partial charge in [-0.05, 0) is 28.7 Å². The van der Waals surface area contributed by atoms with Gasteiger partial charge in [-0.15, -0.1) is 11.3 Å². The average molecular weight is 394 g/mol. The van der Waals surface area contributed by atoms with Crippen molar-refractivity contribution in [1.29, 1.82) is 0 Å². The normalized spacial score (nSPS) is 17.7. The number of carbonyl (C=O) groups is 1. The lowest BCUT2D eigenvalue weighted by molar-refractivity contribution is 0.0653. The summed E-state index contributed by atoms with van der Waals surface area (Å²) in [6.45, 7) is 3.26. The molecule has 6 nitrogen and oxygen atoms in total. The number of thiophene rings is 1. The first-order valence-electron chi connectivity index (χ1n) is 5.82. The minimum absolute atomic E-state index is 0.0858. The Kier molecular flexibility index (Phi) is 4.99. The molecule has 0 radical (unpaired) electrons. The number of nitrogens with two attached hydrogens (primary N) is 1. The number of oxime groups is 1. The molecule has 1 aromatic heterocycles. The predicted octanol–water partition coefficient (Wildman–Crippen LogP) is 0.857. The van der Waals surface area contributed by atoms with Gasteiger partial charge in [0.15, 0.2) is 5.84 Å². The van der Waals surface area contributed by atoms with Crippen molar-refractivity contribution in [3.05, 3.63) is 19.9 Å². The number of halogens is 1. The van der Waals surface area contributed by atoms with Gasteiger partial charge in [0.2, 0.25) is 0 Å². The number of amides is 1. The summed E-state index contributed by atoms with van der Waals surface area (Å²) in [4.78, 5) is 16.1. The summed E-state index contributed by atoms with van der Waals surface area (Å²) in [6, 6.07) is 1.91.